The quantitative estimate of drug-likeness (QED) is 0.779. The van der Waals surface area contributed by atoms with Crippen LogP contribution in [0.25, 0.3) is 0 Å². The zero-order valence-corrected chi connectivity index (χ0v) is 14.3. The van der Waals surface area contributed by atoms with Crippen molar-refractivity contribution in [3.8, 4) is 0 Å². The van der Waals surface area contributed by atoms with Crippen LogP contribution in [-0.2, 0) is 6.54 Å². The number of carbonyl (C=O) groups is 1. The molecule has 0 radical (unpaired) electrons. The third kappa shape index (κ3) is 4.76. The average molecular weight is 327 g/mol. The molecule has 0 saturated carbocycles. The van der Waals surface area contributed by atoms with Crippen LogP contribution in [-0.4, -0.2) is 29.0 Å². The van der Waals surface area contributed by atoms with Crippen molar-refractivity contribution in [3.63, 3.8) is 0 Å². The van der Waals surface area contributed by atoms with E-state index in [2.05, 4.69) is 34.0 Å². The van der Waals surface area contributed by atoms with Crippen LogP contribution in [0.15, 0.2) is 36.7 Å². The lowest BCUT2D eigenvalue weighted by atomic mass is 10.2. The highest BCUT2D eigenvalue weighted by atomic mass is 16.1. The van der Waals surface area contributed by atoms with E-state index in [1.807, 2.05) is 24.3 Å². The maximum absolute atomic E-state index is 12.4. The summed E-state index contributed by atoms with van der Waals surface area (Å²) < 4.78 is 0. The summed E-state index contributed by atoms with van der Waals surface area (Å²) in [6.07, 6.45) is 3.50. The normalized spacial score (nSPS) is 10.5. The monoisotopic (exact) mass is 327 g/mol. The number of carbonyl (C=O) groups excluding carboxylic acids is 1. The number of aromatic nitrogens is 2. The van der Waals surface area contributed by atoms with Gasteiger partial charge in [0.1, 0.15) is 17.8 Å². The Morgan fingerprint density at radius 1 is 1.12 bits per heavy atom. The standard InChI is InChI=1S/C18H25N5O/c1-3-9-23(10-4-2)17-11-16(20-13-21-17)18(24)22-15-7-5-14(12-19)6-8-15/h5-8,11,13H,3-4,9-10,12,19H2,1-2H3,(H,22,24). The SMILES string of the molecule is CCCN(CCC)c1cc(C(=O)Nc2ccc(CN)cc2)ncn1. The number of benzene rings is 1. The van der Waals surface area contributed by atoms with Crippen LogP contribution >= 0.6 is 0 Å². The van der Waals surface area contributed by atoms with Gasteiger partial charge in [-0.3, -0.25) is 4.79 Å². The van der Waals surface area contributed by atoms with Crippen LogP contribution in [0.2, 0.25) is 0 Å². The molecule has 1 aromatic heterocycles. The molecule has 1 heterocycles. The highest BCUT2D eigenvalue weighted by molar-refractivity contribution is 6.03. The fraction of sp³-hybridized carbons (Fsp3) is 0.389. The van der Waals surface area contributed by atoms with E-state index >= 15 is 0 Å². The molecule has 1 aromatic carbocycles. The first-order valence-corrected chi connectivity index (χ1v) is 8.35. The van der Waals surface area contributed by atoms with Gasteiger partial charge in [-0.2, -0.15) is 0 Å². The Hall–Kier alpha value is -2.47. The smallest absolute Gasteiger partial charge is 0.274 e. The molecule has 6 nitrogen and oxygen atoms in total. The maximum atomic E-state index is 12.4. The molecule has 24 heavy (non-hydrogen) atoms. The fourth-order valence-electron chi connectivity index (χ4n) is 2.44. The molecule has 0 aliphatic carbocycles. The van der Waals surface area contributed by atoms with E-state index in [-0.39, 0.29) is 5.91 Å². The molecule has 0 unspecified atom stereocenters. The summed E-state index contributed by atoms with van der Waals surface area (Å²) in [4.78, 5) is 23.0. The molecule has 2 rings (SSSR count). The summed E-state index contributed by atoms with van der Waals surface area (Å²) in [6.45, 7) is 6.55. The summed E-state index contributed by atoms with van der Waals surface area (Å²) in [5, 5.41) is 2.85. The van der Waals surface area contributed by atoms with Gasteiger partial charge >= 0.3 is 0 Å². The third-order valence-electron chi connectivity index (χ3n) is 3.64. The number of nitrogens with two attached hydrogens (primary N) is 1. The molecule has 6 heteroatoms. The lowest BCUT2D eigenvalue weighted by Crippen LogP contribution is -2.26. The van der Waals surface area contributed by atoms with Crippen molar-refractivity contribution in [2.24, 2.45) is 5.73 Å². The Bertz CT molecular complexity index is 651. The molecular weight excluding hydrogens is 302 g/mol. The van der Waals surface area contributed by atoms with Crippen molar-refractivity contribution in [2.75, 3.05) is 23.3 Å². The lowest BCUT2D eigenvalue weighted by Gasteiger charge is -2.22. The minimum absolute atomic E-state index is 0.243. The number of hydrogen-bond donors (Lipinski definition) is 2. The van der Waals surface area contributed by atoms with Crippen LogP contribution in [0, 0.1) is 0 Å². The molecule has 0 bridgehead atoms. The Balaban J connectivity index is 2.12. The number of rotatable bonds is 8. The van der Waals surface area contributed by atoms with Crippen LogP contribution < -0.4 is 16.0 Å². The highest BCUT2D eigenvalue weighted by Crippen LogP contribution is 2.14. The van der Waals surface area contributed by atoms with E-state index in [1.165, 1.54) is 6.33 Å². The van der Waals surface area contributed by atoms with Gasteiger partial charge in [-0.1, -0.05) is 26.0 Å². The zero-order valence-electron chi connectivity index (χ0n) is 14.3. The minimum atomic E-state index is -0.243. The molecule has 0 atom stereocenters. The van der Waals surface area contributed by atoms with Crippen molar-refractivity contribution in [2.45, 2.75) is 33.2 Å². The van der Waals surface area contributed by atoms with E-state index in [1.54, 1.807) is 6.07 Å². The van der Waals surface area contributed by atoms with Crippen molar-refractivity contribution in [1.29, 1.82) is 0 Å². The predicted octanol–water partition coefficient (Wildman–Crippen LogP) is 2.81. The second-order valence-electron chi connectivity index (χ2n) is 5.60. The van der Waals surface area contributed by atoms with Gasteiger partial charge in [-0.15, -0.1) is 0 Å². The fourth-order valence-corrected chi connectivity index (χ4v) is 2.44. The second-order valence-corrected chi connectivity index (χ2v) is 5.60. The van der Waals surface area contributed by atoms with Crippen molar-refractivity contribution in [3.05, 3.63) is 47.9 Å². The van der Waals surface area contributed by atoms with Gasteiger partial charge in [0.05, 0.1) is 0 Å². The van der Waals surface area contributed by atoms with Gasteiger partial charge in [-0.05, 0) is 30.5 Å². The van der Waals surface area contributed by atoms with Gasteiger partial charge in [-0.25, -0.2) is 9.97 Å². The van der Waals surface area contributed by atoms with E-state index in [9.17, 15) is 4.79 Å². The first kappa shape index (κ1) is 17.9. The first-order valence-electron chi connectivity index (χ1n) is 8.35. The zero-order chi connectivity index (χ0) is 17.4. The average Bonchev–Trinajstić information content (AvgIpc) is 2.62. The summed E-state index contributed by atoms with van der Waals surface area (Å²) >= 11 is 0. The Morgan fingerprint density at radius 2 is 1.79 bits per heavy atom. The number of amides is 1. The maximum Gasteiger partial charge on any atom is 0.274 e. The Labute approximate surface area is 143 Å². The molecule has 3 N–H and O–H groups in total. The van der Waals surface area contributed by atoms with Gasteiger partial charge in [0.15, 0.2) is 0 Å². The third-order valence-corrected chi connectivity index (χ3v) is 3.64. The predicted molar refractivity (Wildman–Crippen MR) is 97.1 cm³/mol. The van der Waals surface area contributed by atoms with Gasteiger partial charge in [0, 0.05) is 31.4 Å². The number of hydrogen-bond acceptors (Lipinski definition) is 5. The molecule has 1 amide bonds. The van der Waals surface area contributed by atoms with Crippen molar-refractivity contribution < 1.29 is 4.79 Å². The van der Waals surface area contributed by atoms with Crippen molar-refractivity contribution in [1.82, 2.24) is 9.97 Å². The van der Waals surface area contributed by atoms with Crippen LogP contribution in [0.1, 0.15) is 42.7 Å². The van der Waals surface area contributed by atoms with Crippen molar-refractivity contribution >= 4 is 17.4 Å². The largest absolute Gasteiger partial charge is 0.357 e. The van der Waals surface area contributed by atoms with E-state index in [0.717, 1.165) is 43.0 Å². The summed E-state index contributed by atoms with van der Waals surface area (Å²) in [7, 11) is 0. The number of anilines is 2. The molecule has 2 aromatic rings. The molecule has 0 aliphatic heterocycles. The second kappa shape index (κ2) is 8.98. The van der Waals surface area contributed by atoms with Crippen LogP contribution in [0.3, 0.4) is 0 Å². The van der Waals surface area contributed by atoms with E-state index in [0.29, 0.717) is 12.2 Å². The Morgan fingerprint density at radius 3 is 2.38 bits per heavy atom. The lowest BCUT2D eigenvalue weighted by molar-refractivity contribution is 0.102. The molecule has 128 valence electrons. The topological polar surface area (TPSA) is 84.1 Å². The number of nitrogens with one attached hydrogen (secondary N) is 1. The van der Waals surface area contributed by atoms with Crippen LogP contribution in [0.5, 0.6) is 0 Å². The van der Waals surface area contributed by atoms with E-state index < -0.39 is 0 Å². The van der Waals surface area contributed by atoms with Crippen LogP contribution in [0.4, 0.5) is 11.5 Å². The van der Waals surface area contributed by atoms with Gasteiger partial charge in [0.25, 0.3) is 5.91 Å². The first-order chi connectivity index (χ1) is 11.7. The molecule has 0 fully saturated rings. The molecule has 0 spiro atoms. The molecular formula is C18H25N5O. The van der Waals surface area contributed by atoms with Gasteiger partial charge in [0.2, 0.25) is 0 Å². The summed E-state index contributed by atoms with van der Waals surface area (Å²) in [5.74, 6) is 0.546. The van der Waals surface area contributed by atoms with Gasteiger partial charge < -0.3 is 16.0 Å². The minimum Gasteiger partial charge on any atom is -0.357 e. The summed E-state index contributed by atoms with van der Waals surface area (Å²) in [6, 6.07) is 9.21. The number of nitrogens with zero attached hydrogens (tertiary/aromatic N) is 3. The summed E-state index contributed by atoms with van der Waals surface area (Å²) in [5.41, 5.74) is 7.68. The highest BCUT2D eigenvalue weighted by Gasteiger charge is 2.12. The molecule has 0 aliphatic rings. The van der Waals surface area contributed by atoms with E-state index in [4.69, 9.17) is 5.73 Å². The molecule has 0 saturated heterocycles. The Kier molecular flexibility index (Phi) is 6.69.